The number of aromatic nitrogens is 2. The second-order valence-corrected chi connectivity index (χ2v) is 4.76. The number of nitrogens with one attached hydrogen (secondary N) is 3. The Labute approximate surface area is 93.2 Å². The van der Waals surface area contributed by atoms with Crippen molar-refractivity contribution in [1.29, 1.82) is 10.8 Å². The summed E-state index contributed by atoms with van der Waals surface area (Å²) in [5, 5.41) is 15.9. The van der Waals surface area contributed by atoms with Crippen LogP contribution in [0.15, 0.2) is 4.79 Å². The van der Waals surface area contributed by atoms with Crippen molar-refractivity contribution in [3.63, 3.8) is 0 Å². The summed E-state index contributed by atoms with van der Waals surface area (Å²) in [6, 6.07) is 0. The highest BCUT2D eigenvalue weighted by atomic mass is 16.1. The predicted octanol–water partition coefficient (Wildman–Crippen LogP) is 0.898. The van der Waals surface area contributed by atoms with Crippen LogP contribution in [0.1, 0.15) is 31.2 Å². The van der Waals surface area contributed by atoms with Gasteiger partial charge < -0.3 is 4.98 Å². The van der Waals surface area contributed by atoms with Gasteiger partial charge in [-0.1, -0.05) is 6.92 Å². The maximum absolute atomic E-state index is 11.5. The van der Waals surface area contributed by atoms with E-state index in [9.17, 15) is 4.79 Å². The summed E-state index contributed by atoms with van der Waals surface area (Å²) >= 11 is 0. The standard InChI is InChI=1S/C11H16N4O/c1-6-7(2)15(8(12)9(16)14-6)10(13)11(3)4-5-11/h12-13H,4-5H2,1-3H3,(H,14,16). The van der Waals surface area contributed by atoms with Gasteiger partial charge in [-0.3, -0.25) is 20.2 Å². The largest absolute Gasteiger partial charge is 0.322 e. The van der Waals surface area contributed by atoms with Gasteiger partial charge in [0.1, 0.15) is 5.84 Å². The number of hydrogen-bond acceptors (Lipinski definition) is 3. The van der Waals surface area contributed by atoms with E-state index >= 15 is 0 Å². The molecule has 5 nitrogen and oxygen atoms in total. The van der Waals surface area contributed by atoms with Crippen LogP contribution < -0.4 is 11.0 Å². The van der Waals surface area contributed by atoms with Crippen molar-refractivity contribution in [2.75, 3.05) is 0 Å². The van der Waals surface area contributed by atoms with E-state index in [0.717, 1.165) is 24.2 Å². The fourth-order valence-electron chi connectivity index (χ4n) is 1.73. The Balaban J connectivity index is 2.69. The predicted molar refractivity (Wildman–Crippen MR) is 60.8 cm³/mol. The van der Waals surface area contributed by atoms with Gasteiger partial charge in [0.2, 0.25) is 0 Å². The fourth-order valence-corrected chi connectivity index (χ4v) is 1.73. The summed E-state index contributed by atoms with van der Waals surface area (Å²) in [6.45, 7) is 5.61. The molecule has 0 bridgehead atoms. The minimum atomic E-state index is -0.433. The van der Waals surface area contributed by atoms with Gasteiger partial charge in [0.25, 0.3) is 5.56 Å². The third kappa shape index (κ3) is 1.43. The first-order valence-corrected chi connectivity index (χ1v) is 5.33. The zero-order valence-corrected chi connectivity index (χ0v) is 9.77. The van der Waals surface area contributed by atoms with E-state index < -0.39 is 5.56 Å². The van der Waals surface area contributed by atoms with Gasteiger partial charge >= 0.3 is 0 Å². The van der Waals surface area contributed by atoms with Gasteiger partial charge in [-0.15, -0.1) is 0 Å². The zero-order valence-electron chi connectivity index (χ0n) is 9.77. The quantitative estimate of drug-likeness (QED) is 0.476. The Morgan fingerprint density at radius 1 is 1.44 bits per heavy atom. The Bertz CT molecular complexity index is 575. The van der Waals surface area contributed by atoms with Crippen LogP contribution in [0.2, 0.25) is 0 Å². The number of aromatic amines is 1. The van der Waals surface area contributed by atoms with E-state index in [2.05, 4.69) is 4.98 Å². The molecule has 86 valence electrons. The molecule has 0 aromatic carbocycles. The maximum Gasteiger partial charge on any atom is 0.291 e. The van der Waals surface area contributed by atoms with Gasteiger partial charge in [0, 0.05) is 16.8 Å². The Kier molecular flexibility index (Phi) is 2.15. The number of nitrogens with zero attached hydrogens (tertiary/aromatic N) is 1. The molecule has 5 heteroatoms. The average Bonchev–Trinajstić information content (AvgIpc) is 2.95. The van der Waals surface area contributed by atoms with Crippen molar-refractivity contribution in [2.24, 2.45) is 5.41 Å². The first kappa shape index (κ1) is 10.9. The van der Waals surface area contributed by atoms with Crippen LogP contribution in [0, 0.1) is 30.1 Å². The van der Waals surface area contributed by atoms with E-state index in [1.54, 1.807) is 6.92 Å². The lowest BCUT2D eigenvalue weighted by atomic mass is 10.1. The third-order valence-electron chi connectivity index (χ3n) is 3.41. The average molecular weight is 220 g/mol. The molecule has 0 aliphatic heterocycles. The minimum absolute atomic E-state index is 0.147. The van der Waals surface area contributed by atoms with Crippen LogP contribution >= 0.6 is 0 Å². The third-order valence-corrected chi connectivity index (χ3v) is 3.41. The second-order valence-electron chi connectivity index (χ2n) is 4.76. The van der Waals surface area contributed by atoms with Gasteiger partial charge in [-0.05, 0) is 26.7 Å². The SMILES string of the molecule is Cc1[nH]c(=O)c(=N)n(C(=N)C2(C)CC2)c1C. The molecule has 0 unspecified atom stereocenters. The molecule has 1 aliphatic rings. The van der Waals surface area contributed by atoms with Gasteiger partial charge in [0.15, 0.2) is 5.49 Å². The van der Waals surface area contributed by atoms with Crippen LogP contribution in [0.25, 0.3) is 0 Å². The Morgan fingerprint density at radius 2 is 2.00 bits per heavy atom. The van der Waals surface area contributed by atoms with E-state index in [4.69, 9.17) is 10.8 Å². The molecule has 1 saturated carbocycles. The molecule has 0 spiro atoms. The fraction of sp³-hybridized carbons (Fsp3) is 0.545. The maximum atomic E-state index is 11.5. The molecular formula is C11H16N4O. The highest BCUT2D eigenvalue weighted by molar-refractivity contribution is 5.89. The lowest BCUT2D eigenvalue weighted by molar-refractivity contribution is 0.714. The van der Waals surface area contributed by atoms with Crippen LogP contribution in [0.5, 0.6) is 0 Å². The molecule has 0 atom stereocenters. The molecule has 1 heterocycles. The second kappa shape index (κ2) is 3.17. The molecule has 1 aromatic rings. The van der Waals surface area contributed by atoms with Crippen molar-refractivity contribution in [3.05, 3.63) is 27.2 Å². The Hall–Kier alpha value is -1.65. The summed E-state index contributed by atoms with van der Waals surface area (Å²) in [5.74, 6) is 0.365. The molecule has 0 saturated heterocycles. The highest BCUT2D eigenvalue weighted by Crippen LogP contribution is 2.46. The number of hydrogen-bond donors (Lipinski definition) is 3. The molecular weight excluding hydrogens is 204 g/mol. The lowest BCUT2D eigenvalue weighted by Gasteiger charge is -2.17. The normalized spacial score (nSPS) is 17.2. The molecule has 16 heavy (non-hydrogen) atoms. The van der Waals surface area contributed by atoms with Gasteiger partial charge in [0.05, 0.1) is 0 Å². The summed E-state index contributed by atoms with van der Waals surface area (Å²) in [4.78, 5) is 14.1. The smallest absolute Gasteiger partial charge is 0.291 e. The summed E-state index contributed by atoms with van der Waals surface area (Å²) in [5.41, 5.74) is 0.752. The molecule has 3 N–H and O–H groups in total. The van der Waals surface area contributed by atoms with Gasteiger partial charge in [-0.25, -0.2) is 0 Å². The number of rotatable bonds is 1. The molecule has 0 radical (unpaired) electrons. The summed E-state index contributed by atoms with van der Waals surface area (Å²) < 4.78 is 1.46. The van der Waals surface area contributed by atoms with E-state index in [0.29, 0.717) is 5.84 Å². The van der Waals surface area contributed by atoms with E-state index in [1.165, 1.54) is 4.57 Å². The van der Waals surface area contributed by atoms with Crippen molar-refractivity contribution < 1.29 is 0 Å². The molecule has 1 aliphatic carbocycles. The Morgan fingerprint density at radius 3 is 2.50 bits per heavy atom. The van der Waals surface area contributed by atoms with Crippen LogP contribution in [-0.4, -0.2) is 15.4 Å². The molecule has 1 fully saturated rings. The van der Waals surface area contributed by atoms with E-state index in [-0.39, 0.29) is 10.9 Å². The first-order valence-electron chi connectivity index (χ1n) is 5.33. The van der Waals surface area contributed by atoms with E-state index in [1.807, 2.05) is 13.8 Å². The number of H-pyrrole nitrogens is 1. The highest BCUT2D eigenvalue weighted by Gasteiger charge is 2.43. The number of aryl methyl sites for hydroxylation is 1. The molecule has 0 amide bonds. The first-order chi connectivity index (χ1) is 7.37. The topological polar surface area (TPSA) is 85.5 Å². The monoisotopic (exact) mass is 220 g/mol. The van der Waals surface area contributed by atoms with Crippen molar-refractivity contribution in [3.8, 4) is 0 Å². The zero-order chi connectivity index (χ0) is 12.1. The van der Waals surface area contributed by atoms with Crippen LogP contribution in [-0.2, 0) is 0 Å². The van der Waals surface area contributed by atoms with Crippen LogP contribution in [0.4, 0.5) is 0 Å². The van der Waals surface area contributed by atoms with Crippen molar-refractivity contribution in [2.45, 2.75) is 33.6 Å². The van der Waals surface area contributed by atoms with Crippen molar-refractivity contribution in [1.82, 2.24) is 9.55 Å². The van der Waals surface area contributed by atoms with Gasteiger partial charge in [-0.2, -0.15) is 0 Å². The molecule has 1 aromatic heterocycles. The minimum Gasteiger partial charge on any atom is -0.322 e. The lowest BCUT2D eigenvalue weighted by Crippen LogP contribution is -2.43. The van der Waals surface area contributed by atoms with Crippen LogP contribution in [0.3, 0.4) is 0 Å². The van der Waals surface area contributed by atoms with Crippen molar-refractivity contribution >= 4 is 5.84 Å². The summed E-state index contributed by atoms with van der Waals surface area (Å²) in [7, 11) is 0. The molecule has 2 rings (SSSR count). The summed E-state index contributed by atoms with van der Waals surface area (Å²) in [6.07, 6.45) is 1.92.